The summed E-state index contributed by atoms with van der Waals surface area (Å²) in [4.78, 5) is 17.3. The lowest BCUT2D eigenvalue weighted by molar-refractivity contribution is 0.102. The minimum Gasteiger partial charge on any atom is -0.369 e. The molecule has 1 saturated heterocycles. The quantitative estimate of drug-likeness (QED) is 0.654. The molecule has 0 atom stereocenters. The maximum atomic E-state index is 12.4. The summed E-state index contributed by atoms with van der Waals surface area (Å²) >= 11 is 5.88. The molecule has 0 spiro atoms. The average molecular weight is 406 g/mol. The molecule has 4 rings (SSSR count). The van der Waals surface area contributed by atoms with Gasteiger partial charge in [-0.25, -0.2) is 0 Å². The van der Waals surface area contributed by atoms with Crippen LogP contribution in [0, 0.1) is 0 Å². The van der Waals surface area contributed by atoms with Crippen LogP contribution in [0.15, 0.2) is 78.9 Å². The first-order valence-electron chi connectivity index (χ1n) is 9.85. The van der Waals surface area contributed by atoms with Crippen molar-refractivity contribution in [3.05, 3.63) is 95.0 Å². The molecule has 3 aromatic rings. The highest BCUT2D eigenvalue weighted by molar-refractivity contribution is 6.30. The number of hydrogen-bond acceptors (Lipinski definition) is 3. The molecule has 0 aliphatic carbocycles. The summed E-state index contributed by atoms with van der Waals surface area (Å²) in [5.74, 6) is -0.115. The molecule has 1 amide bonds. The molecule has 1 heterocycles. The van der Waals surface area contributed by atoms with E-state index >= 15 is 0 Å². The normalized spacial score (nSPS) is 14.6. The van der Waals surface area contributed by atoms with Crippen LogP contribution in [0.1, 0.15) is 15.9 Å². The van der Waals surface area contributed by atoms with Crippen LogP contribution in [0.2, 0.25) is 5.02 Å². The predicted molar refractivity (Wildman–Crippen MR) is 120 cm³/mol. The van der Waals surface area contributed by atoms with Gasteiger partial charge in [-0.15, -0.1) is 0 Å². The fourth-order valence-corrected chi connectivity index (χ4v) is 3.69. The summed E-state index contributed by atoms with van der Waals surface area (Å²) in [5, 5.41) is 3.54. The highest BCUT2D eigenvalue weighted by Gasteiger charge is 2.17. The Hall–Kier alpha value is -2.82. The molecular weight excluding hydrogens is 382 g/mol. The van der Waals surface area contributed by atoms with E-state index in [0.29, 0.717) is 10.6 Å². The van der Waals surface area contributed by atoms with Crippen molar-refractivity contribution in [2.75, 3.05) is 36.4 Å². The summed E-state index contributed by atoms with van der Waals surface area (Å²) in [6.07, 6.45) is 0. The van der Waals surface area contributed by atoms with E-state index in [0.717, 1.165) is 38.4 Å². The maximum absolute atomic E-state index is 12.4. The summed E-state index contributed by atoms with van der Waals surface area (Å²) in [6, 6.07) is 25.6. The van der Waals surface area contributed by atoms with Gasteiger partial charge in [-0.3, -0.25) is 9.69 Å². The number of carbonyl (C=O) groups excluding carboxylic acids is 1. The summed E-state index contributed by atoms with van der Waals surface area (Å²) in [6.45, 7) is 5.04. The van der Waals surface area contributed by atoms with Gasteiger partial charge in [-0.1, -0.05) is 41.9 Å². The van der Waals surface area contributed by atoms with Crippen molar-refractivity contribution in [3.63, 3.8) is 0 Å². The van der Waals surface area contributed by atoms with E-state index in [9.17, 15) is 4.79 Å². The Kier molecular flexibility index (Phi) is 6.13. The van der Waals surface area contributed by atoms with Crippen LogP contribution in [0.5, 0.6) is 0 Å². The van der Waals surface area contributed by atoms with Crippen molar-refractivity contribution < 1.29 is 4.79 Å². The third kappa shape index (κ3) is 5.17. The molecule has 0 unspecified atom stereocenters. The van der Waals surface area contributed by atoms with Crippen molar-refractivity contribution in [2.24, 2.45) is 0 Å². The number of hydrogen-bond donors (Lipinski definition) is 1. The molecule has 1 N–H and O–H groups in total. The van der Waals surface area contributed by atoms with Crippen molar-refractivity contribution in [2.45, 2.75) is 6.54 Å². The number of rotatable bonds is 5. The first-order chi connectivity index (χ1) is 14.2. The lowest BCUT2D eigenvalue weighted by Gasteiger charge is -2.36. The van der Waals surface area contributed by atoms with Crippen LogP contribution in [0.4, 0.5) is 11.4 Å². The molecule has 0 radical (unpaired) electrons. The number of nitrogens with one attached hydrogen (secondary N) is 1. The molecular formula is C24H24ClN3O. The second-order valence-corrected chi connectivity index (χ2v) is 7.69. The lowest BCUT2D eigenvalue weighted by Crippen LogP contribution is -2.45. The smallest absolute Gasteiger partial charge is 0.255 e. The molecule has 1 fully saturated rings. The molecule has 4 nitrogen and oxygen atoms in total. The van der Waals surface area contributed by atoms with Crippen molar-refractivity contribution in [1.82, 2.24) is 4.90 Å². The number of benzene rings is 3. The van der Waals surface area contributed by atoms with Crippen LogP contribution < -0.4 is 10.2 Å². The SMILES string of the molecule is O=C(Nc1ccc(Cl)cc1)c1ccc(CN2CCN(c3ccccc3)CC2)cc1. The monoisotopic (exact) mass is 405 g/mol. The van der Waals surface area contributed by atoms with Gasteiger partial charge in [-0.2, -0.15) is 0 Å². The zero-order valence-corrected chi connectivity index (χ0v) is 17.0. The van der Waals surface area contributed by atoms with Crippen LogP contribution in [0.25, 0.3) is 0 Å². The Morgan fingerprint density at radius 1 is 0.828 bits per heavy atom. The van der Waals surface area contributed by atoms with Gasteiger partial charge in [0.05, 0.1) is 0 Å². The van der Waals surface area contributed by atoms with Crippen LogP contribution in [-0.4, -0.2) is 37.0 Å². The molecule has 0 bridgehead atoms. The Bertz CT molecular complexity index is 934. The molecule has 1 aliphatic heterocycles. The highest BCUT2D eigenvalue weighted by Crippen LogP contribution is 2.18. The standard InChI is InChI=1S/C24H24ClN3O/c25-21-10-12-22(13-11-21)26-24(29)20-8-6-19(7-9-20)18-27-14-16-28(17-15-27)23-4-2-1-3-5-23/h1-13H,14-18H2,(H,26,29). The third-order valence-corrected chi connectivity index (χ3v) is 5.47. The van der Waals surface area contributed by atoms with Gasteiger partial charge in [-0.05, 0) is 54.1 Å². The second-order valence-electron chi connectivity index (χ2n) is 7.26. The number of halogens is 1. The van der Waals surface area contributed by atoms with E-state index < -0.39 is 0 Å². The fraction of sp³-hybridized carbons (Fsp3) is 0.208. The zero-order valence-electron chi connectivity index (χ0n) is 16.2. The van der Waals surface area contributed by atoms with E-state index in [1.54, 1.807) is 24.3 Å². The van der Waals surface area contributed by atoms with Crippen molar-refractivity contribution in [3.8, 4) is 0 Å². The summed E-state index contributed by atoms with van der Waals surface area (Å²) in [7, 11) is 0. The Balaban J connectivity index is 1.29. The number of anilines is 2. The number of carbonyl (C=O) groups is 1. The van der Waals surface area contributed by atoms with Crippen LogP contribution >= 0.6 is 11.6 Å². The number of amides is 1. The van der Waals surface area contributed by atoms with Crippen LogP contribution in [0.3, 0.4) is 0 Å². The summed E-state index contributed by atoms with van der Waals surface area (Å²) < 4.78 is 0. The molecule has 148 valence electrons. The second kappa shape index (κ2) is 9.12. The number of nitrogens with zero attached hydrogens (tertiary/aromatic N) is 2. The topological polar surface area (TPSA) is 35.6 Å². The molecule has 0 saturated carbocycles. The van der Waals surface area contributed by atoms with Crippen molar-refractivity contribution >= 4 is 28.9 Å². The average Bonchev–Trinajstić information content (AvgIpc) is 2.77. The van der Waals surface area contributed by atoms with Crippen molar-refractivity contribution in [1.29, 1.82) is 0 Å². The molecule has 1 aliphatic rings. The van der Waals surface area contributed by atoms with Gasteiger partial charge in [0.15, 0.2) is 0 Å². The van der Waals surface area contributed by atoms with E-state index in [1.165, 1.54) is 11.3 Å². The Labute approximate surface area is 176 Å². The maximum Gasteiger partial charge on any atom is 0.255 e. The van der Waals surface area contributed by atoms with E-state index in [4.69, 9.17) is 11.6 Å². The lowest BCUT2D eigenvalue weighted by atomic mass is 10.1. The minimum atomic E-state index is -0.115. The van der Waals surface area contributed by atoms with E-state index in [2.05, 4.69) is 45.4 Å². The van der Waals surface area contributed by atoms with E-state index in [1.807, 2.05) is 24.3 Å². The first-order valence-corrected chi connectivity index (χ1v) is 10.2. The Morgan fingerprint density at radius 3 is 2.14 bits per heavy atom. The first kappa shape index (κ1) is 19.5. The third-order valence-electron chi connectivity index (χ3n) is 5.22. The largest absolute Gasteiger partial charge is 0.369 e. The fourth-order valence-electron chi connectivity index (χ4n) is 3.56. The molecule has 5 heteroatoms. The zero-order chi connectivity index (χ0) is 20.1. The number of piperazine rings is 1. The van der Waals surface area contributed by atoms with Gasteiger partial charge < -0.3 is 10.2 Å². The highest BCUT2D eigenvalue weighted by atomic mass is 35.5. The van der Waals surface area contributed by atoms with Gasteiger partial charge in [0, 0.05) is 54.7 Å². The molecule has 0 aromatic heterocycles. The number of para-hydroxylation sites is 1. The van der Waals surface area contributed by atoms with Gasteiger partial charge in [0.2, 0.25) is 0 Å². The molecule has 29 heavy (non-hydrogen) atoms. The van der Waals surface area contributed by atoms with Gasteiger partial charge >= 0.3 is 0 Å². The van der Waals surface area contributed by atoms with E-state index in [-0.39, 0.29) is 5.91 Å². The van der Waals surface area contributed by atoms with Gasteiger partial charge in [0.1, 0.15) is 0 Å². The minimum absolute atomic E-state index is 0.115. The van der Waals surface area contributed by atoms with Crippen LogP contribution in [-0.2, 0) is 6.54 Å². The van der Waals surface area contributed by atoms with Gasteiger partial charge in [0.25, 0.3) is 5.91 Å². The molecule has 3 aromatic carbocycles. The Morgan fingerprint density at radius 2 is 1.48 bits per heavy atom. The predicted octanol–water partition coefficient (Wildman–Crippen LogP) is 4.91. The summed E-state index contributed by atoms with van der Waals surface area (Å²) in [5.41, 5.74) is 3.90.